The Balaban J connectivity index is 1.46. The van der Waals surface area contributed by atoms with Crippen molar-refractivity contribution in [3.8, 4) is 0 Å². The number of hydrazine groups is 1. The van der Waals surface area contributed by atoms with Gasteiger partial charge in [-0.25, -0.2) is 0 Å². The van der Waals surface area contributed by atoms with E-state index in [1.54, 1.807) is 30.3 Å². The zero-order valence-electron chi connectivity index (χ0n) is 16.1. The first-order valence-electron chi connectivity index (χ1n) is 9.21. The molecule has 0 aromatic heterocycles. The molecule has 0 bridgehead atoms. The van der Waals surface area contributed by atoms with Crippen molar-refractivity contribution in [3.63, 3.8) is 0 Å². The van der Waals surface area contributed by atoms with Crippen molar-refractivity contribution < 1.29 is 28.8 Å². The second-order valence-electron chi connectivity index (χ2n) is 6.65. The number of esters is 1. The maximum absolute atomic E-state index is 12.2. The summed E-state index contributed by atoms with van der Waals surface area (Å²) >= 11 is 0. The number of hydrogen-bond donors (Lipinski definition) is 2. The smallest absolute Gasteiger partial charge is 0.311 e. The summed E-state index contributed by atoms with van der Waals surface area (Å²) in [6.45, 7) is -0.599. The Morgan fingerprint density at radius 3 is 2.39 bits per heavy atom. The summed E-state index contributed by atoms with van der Waals surface area (Å²) in [5.74, 6) is -3.12. The topological polar surface area (TPSA) is 148 Å². The van der Waals surface area contributed by atoms with Gasteiger partial charge in [0.2, 0.25) is 5.91 Å². The Kier molecular flexibility index (Phi) is 6.55. The number of nitro benzene ring substituents is 1. The molecule has 2 aromatic carbocycles. The van der Waals surface area contributed by atoms with E-state index in [9.17, 15) is 29.3 Å². The summed E-state index contributed by atoms with van der Waals surface area (Å²) < 4.78 is 4.94. The molecule has 2 N–H and O–H groups in total. The van der Waals surface area contributed by atoms with Crippen LogP contribution in [-0.2, 0) is 19.1 Å². The van der Waals surface area contributed by atoms with E-state index >= 15 is 0 Å². The molecule has 1 saturated heterocycles. The largest absolute Gasteiger partial charge is 0.455 e. The molecule has 1 heterocycles. The van der Waals surface area contributed by atoms with Gasteiger partial charge in [0.1, 0.15) is 0 Å². The van der Waals surface area contributed by atoms with E-state index in [0.717, 1.165) is 0 Å². The van der Waals surface area contributed by atoms with Crippen LogP contribution in [0.5, 0.6) is 0 Å². The molecule has 0 aliphatic carbocycles. The number of hydrogen-bond acceptors (Lipinski definition) is 7. The molecule has 1 aliphatic rings. The Bertz CT molecular complexity index is 1010. The molecule has 1 aliphatic heterocycles. The lowest BCUT2D eigenvalue weighted by molar-refractivity contribution is -0.384. The first-order valence-corrected chi connectivity index (χ1v) is 9.21. The van der Waals surface area contributed by atoms with Crippen molar-refractivity contribution in [1.29, 1.82) is 0 Å². The van der Waals surface area contributed by atoms with Crippen LogP contribution in [0.2, 0.25) is 0 Å². The van der Waals surface area contributed by atoms with Gasteiger partial charge in [-0.1, -0.05) is 18.2 Å². The first-order chi connectivity index (χ1) is 14.8. The highest BCUT2D eigenvalue weighted by Gasteiger charge is 2.36. The highest BCUT2D eigenvalue weighted by Crippen LogP contribution is 2.27. The monoisotopic (exact) mass is 426 g/mol. The number of nitrogens with one attached hydrogen (secondary N) is 2. The predicted octanol–water partition coefficient (Wildman–Crippen LogP) is 0.952. The third kappa shape index (κ3) is 5.41. The lowest BCUT2D eigenvalue weighted by Gasteiger charge is -2.16. The number of rotatable bonds is 6. The molecule has 1 fully saturated rings. The van der Waals surface area contributed by atoms with Crippen LogP contribution in [-0.4, -0.2) is 41.8 Å². The maximum Gasteiger partial charge on any atom is 0.311 e. The third-order valence-corrected chi connectivity index (χ3v) is 4.53. The Morgan fingerprint density at radius 1 is 1.06 bits per heavy atom. The second-order valence-corrected chi connectivity index (χ2v) is 6.65. The minimum atomic E-state index is -0.783. The Labute approximate surface area is 176 Å². The molecule has 2 aromatic rings. The number of non-ortho nitro benzene ring substituents is 1. The quantitative estimate of drug-likeness (QED) is 0.397. The van der Waals surface area contributed by atoms with Gasteiger partial charge in [0.05, 0.1) is 10.8 Å². The van der Waals surface area contributed by atoms with E-state index in [0.29, 0.717) is 11.3 Å². The second kappa shape index (κ2) is 9.48. The standard InChI is InChI=1S/C20H18N4O7/c25-17(21-22-19(27)13-4-2-1-3-5-13)12-31-20(28)14-10-18(26)23(11-14)15-6-8-16(9-7-15)24(29)30/h1-9,14H,10-12H2,(H,21,25)(H,22,27)/t14-/m1/s1. The first kappa shape index (κ1) is 21.4. The molecule has 3 amide bonds. The van der Waals surface area contributed by atoms with Crippen molar-refractivity contribution in [1.82, 2.24) is 10.9 Å². The molecule has 11 heteroatoms. The summed E-state index contributed by atoms with van der Waals surface area (Å²) in [5.41, 5.74) is 4.99. The molecular formula is C20H18N4O7. The van der Waals surface area contributed by atoms with E-state index in [4.69, 9.17) is 4.74 Å². The van der Waals surface area contributed by atoms with Crippen molar-refractivity contribution in [2.45, 2.75) is 6.42 Å². The number of carbonyl (C=O) groups is 4. The fraction of sp³-hybridized carbons (Fsp3) is 0.200. The number of carbonyl (C=O) groups excluding carboxylic acids is 4. The van der Waals surface area contributed by atoms with Crippen LogP contribution < -0.4 is 15.8 Å². The summed E-state index contributed by atoms with van der Waals surface area (Å²) in [6, 6.07) is 13.6. The minimum Gasteiger partial charge on any atom is -0.455 e. The molecule has 0 spiro atoms. The average molecular weight is 426 g/mol. The highest BCUT2D eigenvalue weighted by atomic mass is 16.6. The zero-order chi connectivity index (χ0) is 22.4. The fourth-order valence-electron chi connectivity index (χ4n) is 2.95. The maximum atomic E-state index is 12.2. The number of nitrogens with zero attached hydrogens (tertiary/aromatic N) is 2. The third-order valence-electron chi connectivity index (χ3n) is 4.53. The summed E-state index contributed by atoms with van der Waals surface area (Å²) in [7, 11) is 0. The minimum absolute atomic E-state index is 0.0296. The molecule has 1 atom stereocenters. The van der Waals surface area contributed by atoms with Gasteiger partial charge in [-0.15, -0.1) is 0 Å². The van der Waals surface area contributed by atoms with Gasteiger partial charge in [0.15, 0.2) is 6.61 Å². The average Bonchev–Trinajstić information content (AvgIpc) is 3.18. The predicted molar refractivity (Wildman–Crippen MR) is 107 cm³/mol. The van der Waals surface area contributed by atoms with Gasteiger partial charge in [0.25, 0.3) is 17.5 Å². The normalized spacial score (nSPS) is 15.3. The van der Waals surface area contributed by atoms with Crippen molar-refractivity contribution in [2.75, 3.05) is 18.1 Å². The van der Waals surface area contributed by atoms with E-state index in [1.807, 2.05) is 0 Å². The zero-order valence-corrected chi connectivity index (χ0v) is 16.1. The van der Waals surface area contributed by atoms with Crippen LogP contribution in [0.15, 0.2) is 54.6 Å². The number of anilines is 1. The number of benzene rings is 2. The van der Waals surface area contributed by atoms with E-state index in [1.165, 1.54) is 29.2 Å². The van der Waals surface area contributed by atoms with Gasteiger partial charge in [-0.05, 0) is 24.3 Å². The van der Waals surface area contributed by atoms with Gasteiger partial charge < -0.3 is 9.64 Å². The lowest BCUT2D eigenvalue weighted by Crippen LogP contribution is -2.43. The highest BCUT2D eigenvalue weighted by molar-refractivity contribution is 6.00. The molecule has 0 unspecified atom stereocenters. The number of amides is 3. The van der Waals surface area contributed by atoms with Crippen molar-refractivity contribution >= 4 is 35.1 Å². The molecule has 11 nitrogen and oxygen atoms in total. The molecule has 160 valence electrons. The number of nitro groups is 1. The summed E-state index contributed by atoms with van der Waals surface area (Å²) in [6.07, 6.45) is -0.109. The molecule has 3 rings (SSSR count). The fourth-order valence-corrected chi connectivity index (χ4v) is 2.95. The summed E-state index contributed by atoms with van der Waals surface area (Å²) in [5, 5.41) is 10.7. The van der Waals surface area contributed by atoms with Crippen LogP contribution in [0.25, 0.3) is 0 Å². The Hall–Kier alpha value is -4.28. The van der Waals surface area contributed by atoms with E-state index in [-0.39, 0.29) is 24.6 Å². The van der Waals surface area contributed by atoms with Crippen molar-refractivity contribution in [2.24, 2.45) is 5.92 Å². The molecule has 31 heavy (non-hydrogen) atoms. The number of ether oxygens (including phenoxy) is 1. The van der Waals surface area contributed by atoms with Gasteiger partial charge >= 0.3 is 5.97 Å². The van der Waals surface area contributed by atoms with Gasteiger partial charge in [-0.3, -0.25) is 40.1 Å². The van der Waals surface area contributed by atoms with Gasteiger partial charge in [-0.2, -0.15) is 0 Å². The van der Waals surface area contributed by atoms with Crippen LogP contribution >= 0.6 is 0 Å². The molecule has 0 radical (unpaired) electrons. The van der Waals surface area contributed by atoms with Crippen LogP contribution in [0, 0.1) is 16.0 Å². The molecule has 0 saturated carbocycles. The Morgan fingerprint density at radius 2 is 1.74 bits per heavy atom. The van der Waals surface area contributed by atoms with Crippen LogP contribution in [0.3, 0.4) is 0 Å². The summed E-state index contributed by atoms with van der Waals surface area (Å²) in [4.78, 5) is 59.6. The van der Waals surface area contributed by atoms with Gasteiger partial charge in [0, 0.05) is 36.3 Å². The van der Waals surface area contributed by atoms with Crippen LogP contribution in [0.4, 0.5) is 11.4 Å². The van der Waals surface area contributed by atoms with Crippen molar-refractivity contribution in [3.05, 3.63) is 70.3 Å². The van der Waals surface area contributed by atoms with E-state index < -0.39 is 35.2 Å². The SMILES string of the molecule is O=C(COC(=O)[C@@H]1CC(=O)N(c2ccc([N+](=O)[O-])cc2)C1)NNC(=O)c1ccccc1. The van der Waals surface area contributed by atoms with Crippen LogP contribution in [0.1, 0.15) is 16.8 Å². The van der Waals surface area contributed by atoms with E-state index in [2.05, 4.69) is 10.9 Å². The lowest BCUT2D eigenvalue weighted by atomic mass is 10.1. The molecular weight excluding hydrogens is 408 g/mol.